The Kier molecular flexibility index (Phi) is 6.24. The van der Waals surface area contributed by atoms with Gasteiger partial charge in [-0.15, -0.1) is 0 Å². The Morgan fingerprint density at radius 1 is 0.919 bits per heavy atom. The molecule has 0 bridgehead atoms. The van der Waals surface area contributed by atoms with E-state index in [9.17, 15) is 19.2 Å². The number of amides is 4. The van der Waals surface area contributed by atoms with Crippen LogP contribution < -0.4 is 10.2 Å². The second kappa shape index (κ2) is 9.45. The summed E-state index contributed by atoms with van der Waals surface area (Å²) >= 11 is 0. The zero-order chi connectivity index (χ0) is 25.7. The molecule has 1 aromatic rings. The van der Waals surface area contributed by atoms with Gasteiger partial charge in [-0.2, -0.15) is 0 Å². The smallest absolute Gasteiger partial charge is 0.262 e. The van der Waals surface area contributed by atoms with Gasteiger partial charge in [-0.25, -0.2) is 4.39 Å². The van der Waals surface area contributed by atoms with Crippen LogP contribution in [0.25, 0.3) is 0 Å². The SMILES string of the molecule is O=C1CCC(N2C(=O)c3cc(F)c(N4CCN(CC5CCC6(CC5)OCCO6)CC4)cc3C2=O)C(=O)N1. The normalized spacial score (nSPS) is 26.8. The van der Waals surface area contributed by atoms with E-state index in [4.69, 9.17) is 9.47 Å². The molecule has 4 amide bonds. The van der Waals surface area contributed by atoms with Crippen LogP contribution in [0.15, 0.2) is 12.1 Å². The minimum atomic E-state index is -1.07. The van der Waals surface area contributed by atoms with E-state index in [-0.39, 0.29) is 29.8 Å². The van der Waals surface area contributed by atoms with E-state index >= 15 is 4.39 Å². The van der Waals surface area contributed by atoms with Crippen LogP contribution in [-0.2, 0) is 19.1 Å². The van der Waals surface area contributed by atoms with Crippen LogP contribution in [-0.4, -0.2) is 91.2 Å². The van der Waals surface area contributed by atoms with E-state index in [0.29, 0.717) is 37.9 Å². The highest BCUT2D eigenvalue weighted by atomic mass is 19.1. The summed E-state index contributed by atoms with van der Waals surface area (Å²) in [5, 5.41) is 2.17. The third-order valence-corrected chi connectivity index (χ3v) is 8.42. The highest BCUT2D eigenvalue weighted by molar-refractivity contribution is 6.23. The Bertz CT molecular complexity index is 1130. The minimum absolute atomic E-state index is 0.0387. The molecule has 10 nitrogen and oxygen atoms in total. The van der Waals surface area contributed by atoms with Crippen LogP contribution >= 0.6 is 0 Å². The molecule has 1 atom stereocenters. The van der Waals surface area contributed by atoms with E-state index in [0.717, 1.165) is 56.3 Å². The number of anilines is 1. The molecular weight excluding hydrogens is 483 g/mol. The first kappa shape index (κ1) is 24.4. The molecule has 4 fully saturated rings. The van der Waals surface area contributed by atoms with Crippen molar-refractivity contribution in [1.82, 2.24) is 15.1 Å². The number of piperidine rings is 1. The zero-order valence-electron chi connectivity index (χ0n) is 20.7. The molecule has 1 aliphatic carbocycles. The first-order valence-electron chi connectivity index (χ1n) is 13.1. The van der Waals surface area contributed by atoms with Gasteiger partial charge in [0.1, 0.15) is 11.9 Å². The van der Waals surface area contributed by atoms with Crippen molar-refractivity contribution in [2.45, 2.75) is 50.4 Å². The monoisotopic (exact) mass is 514 g/mol. The molecule has 198 valence electrons. The largest absolute Gasteiger partial charge is 0.367 e. The number of piperazine rings is 1. The zero-order valence-corrected chi connectivity index (χ0v) is 20.7. The van der Waals surface area contributed by atoms with Gasteiger partial charge >= 0.3 is 0 Å². The maximum Gasteiger partial charge on any atom is 0.262 e. The van der Waals surface area contributed by atoms with Crippen molar-refractivity contribution in [1.29, 1.82) is 0 Å². The third-order valence-electron chi connectivity index (χ3n) is 8.42. The first-order valence-corrected chi connectivity index (χ1v) is 13.1. The Morgan fingerprint density at radius 3 is 2.22 bits per heavy atom. The molecule has 11 heteroatoms. The van der Waals surface area contributed by atoms with Gasteiger partial charge in [0.05, 0.1) is 30.0 Å². The molecule has 1 N–H and O–H groups in total. The number of imide groups is 2. The Labute approximate surface area is 214 Å². The topological polar surface area (TPSA) is 108 Å². The van der Waals surface area contributed by atoms with Crippen molar-refractivity contribution in [2.75, 3.05) is 50.8 Å². The predicted molar refractivity (Wildman–Crippen MR) is 128 cm³/mol. The number of benzene rings is 1. The molecule has 0 radical (unpaired) electrons. The van der Waals surface area contributed by atoms with Crippen LogP contribution in [0.3, 0.4) is 0 Å². The van der Waals surface area contributed by atoms with Crippen LogP contribution in [0.1, 0.15) is 59.2 Å². The van der Waals surface area contributed by atoms with Crippen molar-refractivity contribution < 1.29 is 33.0 Å². The molecule has 0 aromatic heterocycles. The van der Waals surface area contributed by atoms with E-state index in [1.54, 1.807) is 0 Å². The second-order valence-corrected chi connectivity index (χ2v) is 10.6. The summed E-state index contributed by atoms with van der Waals surface area (Å²) < 4.78 is 26.8. The first-order chi connectivity index (χ1) is 17.8. The van der Waals surface area contributed by atoms with Crippen molar-refractivity contribution >= 4 is 29.3 Å². The van der Waals surface area contributed by atoms with Crippen LogP contribution in [0.5, 0.6) is 0 Å². The molecule has 3 saturated heterocycles. The van der Waals surface area contributed by atoms with Crippen molar-refractivity contribution in [3.05, 3.63) is 29.1 Å². The number of rotatable bonds is 4. The van der Waals surface area contributed by atoms with E-state index in [2.05, 4.69) is 10.2 Å². The fourth-order valence-corrected chi connectivity index (χ4v) is 6.34. The standard InChI is InChI=1S/C26H31FN4O6/c27-19-13-17-18(25(35)31(24(17)34)20-1-2-22(32)28-23(20)33)14-21(19)30-9-7-29(8-10-30)15-16-3-5-26(6-4-16)36-11-12-37-26/h13-14,16,20H,1-12,15H2,(H,28,32,33). The summed E-state index contributed by atoms with van der Waals surface area (Å²) in [6.07, 6.45) is 4.10. The molecule has 4 heterocycles. The summed E-state index contributed by atoms with van der Waals surface area (Å²) in [4.78, 5) is 55.0. The molecule has 5 aliphatic rings. The lowest BCUT2D eigenvalue weighted by atomic mass is 9.84. The number of nitrogens with zero attached hydrogens (tertiary/aromatic N) is 3. The maximum absolute atomic E-state index is 15.2. The molecule has 4 aliphatic heterocycles. The Hall–Kier alpha value is -2.89. The highest BCUT2D eigenvalue weighted by Gasteiger charge is 2.45. The van der Waals surface area contributed by atoms with E-state index in [1.807, 2.05) is 4.90 Å². The van der Waals surface area contributed by atoms with Gasteiger partial charge in [0.25, 0.3) is 11.8 Å². The van der Waals surface area contributed by atoms with Crippen molar-refractivity contribution in [3.8, 4) is 0 Å². The number of carbonyl (C=O) groups is 4. The van der Waals surface area contributed by atoms with Gasteiger partial charge < -0.3 is 14.4 Å². The summed E-state index contributed by atoms with van der Waals surface area (Å²) in [6.45, 7) is 5.13. The van der Waals surface area contributed by atoms with Crippen LogP contribution in [0.2, 0.25) is 0 Å². The van der Waals surface area contributed by atoms with E-state index < -0.39 is 35.5 Å². The second-order valence-electron chi connectivity index (χ2n) is 10.6. The summed E-state index contributed by atoms with van der Waals surface area (Å²) in [7, 11) is 0. The number of carbonyl (C=O) groups excluding carboxylic acids is 4. The van der Waals surface area contributed by atoms with Crippen LogP contribution in [0.4, 0.5) is 10.1 Å². The predicted octanol–water partition coefficient (Wildman–Crippen LogP) is 1.28. The lowest BCUT2D eigenvalue weighted by Gasteiger charge is -2.40. The number of hydrogen-bond donors (Lipinski definition) is 1. The summed E-state index contributed by atoms with van der Waals surface area (Å²) in [5.41, 5.74) is 0.348. The fourth-order valence-electron chi connectivity index (χ4n) is 6.34. The van der Waals surface area contributed by atoms with Gasteiger partial charge in [-0.1, -0.05) is 0 Å². The van der Waals surface area contributed by atoms with Gasteiger partial charge in [0, 0.05) is 52.0 Å². The highest BCUT2D eigenvalue weighted by Crippen LogP contribution is 2.39. The number of hydrogen-bond acceptors (Lipinski definition) is 8. The number of ether oxygens (including phenoxy) is 2. The fraction of sp³-hybridized carbons (Fsp3) is 0.615. The molecule has 6 rings (SSSR count). The molecule has 1 unspecified atom stereocenters. The summed E-state index contributed by atoms with van der Waals surface area (Å²) in [6, 6.07) is 1.48. The van der Waals surface area contributed by atoms with Gasteiger partial charge in [-0.05, 0) is 37.3 Å². The molecule has 1 aromatic carbocycles. The van der Waals surface area contributed by atoms with Crippen molar-refractivity contribution in [2.24, 2.45) is 5.92 Å². The average molecular weight is 515 g/mol. The van der Waals surface area contributed by atoms with Gasteiger partial charge in [-0.3, -0.25) is 34.3 Å². The third kappa shape index (κ3) is 4.42. The molecule has 37 heavy (non-hydrogen) atoms. The van der Waals surface area contributed by atoms with E-state index in [1.165, 1.54) is 6.07 Å². The summed E-state index contributed by atoms with van der Waals surface area (Å²) in [5.74, 6) is -2.77. The van der Waals surface area contributed by atoms with Crippen LogP contribution in [0, 0.1) is 11.7 Å². The number of fused-ring (bicyclic) bond motifs is 1. The maximum atomic E-state index is 15.2. The lowest BCUT2D eigenvalue weighted by molar-refractivity contribution is -0.183. The molecule has 1 spiro atoms. The van der Waals surface area contributed by atoms with Crippen molar-refractivity contribution in [3.63, 3.8) is 0 Å². The Balaban J connectivity index is 1.09. The molecule has 1 saturated carbocycles. The Morgan fingerprint density at radius 2 is 1.57 bits per heavy atom. The van der Waals surface area contributed by atoms with Gasteiger partial charge in [0.2, 0.25) is 11.8 Å². The average Bonchev–Trinajstić information content (AvgIpc) is 3.43. The molecular formula is C26H31FN4O6. The quantitative estimate of drug-likeness (QED) is 0.599. The lowest BCUT2D eigenvalue weighted by Crippen LogP contribution is -2.54. The number of halogens is 1. The number of nitrogens with one attached hydrogen (secondary N) is 1. The minimum Gasteiger partial charge on any atom is -0.367 e. The van der Waals surface area contributed by atoms with Gasteiger partial charge in [0.15, 0.2) is 5.79 Å².